The third-order valence-electron chi connectivity index (χ3n) is 5.92. The molecule has 1 aromatic carbocycles. The van der Waals surface area contributed by atoms with Crippen molar-refractivity contribution < 1.29 is 13.2 Å². The van der Waals surface area contributed by atoms with Crippen molar-refractivity contribution in [3.05, 3.63) is 41.1 Å². The second-order valence-corrected chi connectivity index (χ2v) is 7.70. The van der Waals surface area contributed by atoms with Gasteiger partial charge in [0.25, 0.3) is 5.78 Å². The monoisotopic (exact) mass is 393 g/mol. The minimum Gasteiger partial charge on any atom is -0.355 e. The molecule has 2 unspecified atom stereocenters. The summed E-state index contributed by atoms with van der Waals surface area (Å²) in [6, 6.07) is 1.28. The van der Waals surface area contributed by atoms with E-state index in [2.05, 4.69) is 22.0 Å². The molecule has 3 aliphatic rings. The number of hydrogen-bond donors (Lipinski definition) is 0. The molecule has 0 N–H and O–H groups in total. The van der Waals surface area contributed by atoms with Crippen LogP contribution in [-0.2, 0) is 0 Å². The van der Waals surface area contributed by atoms with Crippen molar-refractivity contribution in [3.63, 3.8) is 0 Å². The molecular weight excluding hydrogens is 379 g/mol. The summed E-state index contributed by atoms with van der Waals surface area (Å²) < 4.78 is 44.0. The number of nitrogens with zero attached hydrogens (tertiary/aromatic N) is 5. The smallest absolute Gasteiger partial charge is 0.255 e. The van der Waals surface area contributed by atoms with E-state index in [9.17, 15) is 13.2 Å². The van der Waals surface area contributed by atoms with E-state index in [0.29, 0.717) is 35.7 Å². The van der Waals surface area contributed by atoms with Gasteiger partial charge in [0.1, 0.15) is 34.7 Å². The van der Waals surface area contributed by atoms with E-state index in [1.54, 1.807) is 0 Å². The van der Waals surface area contributed by atoms with E-state index in [0.717, 1.165) is 19.5 Å². The molecule has 9 heteroatoms. The Morgan fingerprint density at radius 1 is 1.07 bits per heavy atom. The predicted octanol–water partition coefficient (Wildman–Crippen LogP) is 3.95. The maximum Gasteiger partial charge on any atom is 0.255 e. The highest BCUT2D eigenvalue weighted by atomic mass is 35.5. The van der Waals surface area contributed by atoms with Gasteiger partial charge in [-0.15, -0.1) is 0 Å². The zero-order valence-electron chi connectivity index (χ0n) is 14.3. The summed E-state index contributed by atoms with van der Waals surface area (Å²) in [5.41, 5.74) is -0.341. The van der Waals surface area contributed by atoms with Gasteiger partial charge >= 0.3 is 0 Å². The van der Waals surface area contributed by atoms with Crippen LogP contribution in [0.25, 0.3) is 16.9 Å². The Balaban J connectivity index is 1.77. The second kappa shape index (κ2) is 5.82. The highest BCUT2D eigenvalue weighted by Gasteiger charge is 2.45. The summed E-state index contributed by atoms with van der Waals surface area (Å²) in [7, 11) is 0. The quantitative estimate of drug-likeness (QED) is 0.618. The first-order valence-electron chi connectivity index (χ1n) is 8.73. The topological polar surface area (TPSA) is 46.3 Å². The number of aromatic nitrogens is 4. The fraction of sp³-hybridized carbons (Fsp3) is 0.389. The maximum atomic E-state index is 14.6. The fourth-order valence-corrected chi connectivity index (χ4v) is 4.65. The summed E-state index contributed by atoms with van der Waals surface area (Å²) in [4.78, 5) is 10.2. The number of fused-ring (bicyclic) bond motifs is 3. The summed E-state index contributed by atoms with van der Waals surface area (Å²) in [6.07, 6.45) is 2.46. The molecule has 1 aliphatic carbocycles. The van der Waals surface area contributed by atoms with Crippen molar-refractivity contribution in [2.24, 2.45) is 17.8 Å². The van der Waals surface area contributed by atoms with Gasteiger partial charge in [-0.3, -0.25) is 0 Å². The number of benzene rings is 1. The van der Waals surface area contributed by atoms with E-state index in [-0.39, 0.29) is 16.5 Å². The van der Waals surface area contributed by atoms with Gasteiger partial charge in [0.2, 0.25) is 0 Å². The van der Waals surface area contributed by atoms with Crippen molar-refractivity contribution in [1.82, 2.24) is 19.6 Å². The van der Waals surface area contributed by atoms with Crippen LogP contribution in [0.5, 0.6) is 0 Å². The lowest BCUT2D eigenvalue weighted by atomic mass is 9.62. The van der Waals surface area contributed by atoms with Crippen LogP contribution >= 0.6 is 11.6 Å². The predicted molar refractivity (Wildman–Crippen MR) is 94.1 cm³/mol. The van der Waals surface area contributed by atoms with Gasteiger partial charge in [0.05, 0.1) is 11.1 Å². The molecule has 2 aliphatic heterocycles. The lowest BCUT2D eigenvalue weighted by Gasteiger charge is -2.53. The van der Waals surface area contributed by atoms with Crippen molar-refractivity contribution in [3.8, 4) is 11.1 Å². The normalized spacial score (nSPS) is 24.3. The Hall–Kier alpha value is -2.35. The molecule has 140 valence electrons. The Kier molecular flexibility index (Phi) is 3.62. The minimum absolute atomic E-state index is 0.0682. The molecule has 0 radical (unpaired) electrons. The van der Waals surface area contributed by atoms with Crippen LogP contribution in [0.4, 0.5) is 19.0 Å². The summed E-state index contributed by atoms with van der Waals surface area (Å²) >= 11 is 6.33. The first kappa shape index (κ1) is 16.8. The number of anilines is 1. The Morgan fingerprint density at radius 3 is 2.37 bits per heavy atom. The Morgan fingerprint density at radius 2 is 1.74 bits per heavy atom. The largest absolute Gasteiger partial charge is 0.355 e. The van der Waals surface area contributed by atoms with Gasteiger partial charge in [-0.05, 0) is 24.2 Å². The van der Waals surface area contributed by atoms with Crippen LogP contribution in [0, 0.1) is 35.2 Å². The Labute approximate surface area is 157 Å². The third-order valence-corrected chi connectivity index (χ3v) is 6.19. The van der Waals surface area contributed by atoms with Crippen molar-refractivity contribution in [1.29, 1.82) is 0 Å². The molecule has 2 saturated heterocycles. The molecule has 4 heterocycles. The van der Waals surface area contributed by atoms with Crippen molar-refractivity contribution in [2.75, 3.05) is 18.0 Å². The lowest BCUT2D eigenvalue weighted by Crippen LogP contribution is -2.54. The molecule has 2 bridgehead atoms. The molecule has 27 heavy (non-hydrogen) atoms. The van der Waals surface area contributed by atoms with Crippen LogP contribution in [0.3, 0.4) is 0 Å². The van der Waals surface area contributed by atoms with Gasteiger partial charge in [-0.1, -0.05) is 18.5 Å². The molecular formula is C18H15ClF3N5. The maximum absolute atomic E-state index is 14.6. The number of halogens is 4. The lowest BCUT2D eigenvalue weighted by molar-refractivity contribution is 0.0633. The average Bonchev–Trinajstić information content (AvgIpc) is 3.08. The van der Waals surface area contributed by atoms with Crippen LogP contribution in [0.1, 0.15) is 13.3 Å². The second-order valence-electron chi connectivity index (χ2n) is 7.34. The Bertz CT molecular complexity index is 1030. The summed E-state index contributed by atoms with van der Waals surface area (Å²) in [5, 5.41) is 4.09. The molecule has 5 nitrogen and oxygen atoms in total. The van der Waals surface area contributed by atoms with Crippen LogP contribution < -0.4 is 4.90 Å². The molecule has 2 atom stereocenters. The zero-order valence-corrected chi connectivity index (χ0v) is 15.1. The first-order valence-corrected chi connectivity index (χ1v) is 9.11. The molecule has 0 spiro atoms. The van der Waals surface area contributed by atoms with E-state index in [4.69, 9.17) is 11.6 Å². The van der Waals surface area contributed by atoms with Crippen LogP contribution in [-0.4, -0.2) is 32.7 Å². The van der Waals surface area contributed by atoms with Crippen molar-refractivity contribution in [2.45, 2.75) is 13.3 Å². The summed E-state index contributed by atoms with van der Waals surface area (Å²) in [5.74, 6) is -0.751. The highest BCUT2D eigenvalue weighted by molar-refractivity contribution is 6.33. The van der Waals surface area contributed by atoms with Crippen LogP contribution in [0.2, 0.25) is 5.15 Å². The van der Waals surface area contributed by atoms with Crippen molar-refractivity contribution >= 4 is 23.2 Å². The minimum atomic E-state index is -1.03. The molecule has 2 aromatic heterocycles. The first-order chi connectivity index (χ1) is 12.9. The van der Waals surface area contributed by atoms with E-state index in [1.807, 2.05) is 4.90 Å². The van der Waals surface area contributed by atoms with Gasteiger partial charge in [-0.2, -0.15) is 19.6 Å². The molecule has 6 rings (SSSR count). The van der Waals surface area contributed by atoms with Gasteiger partial charge < -0.3 is 4.90 Å². The SMILES string of the molecule is CC1C2CC1CN(c1c(-c3c(F)cc(F)cc3F)c(Cl)nc3ncnn13)C2. The molecule has 3 aromatic rings. The number of piperidine rings is 2. The number of rotatable bonds is 2. The average molecular weight is 394 g/mol. The molecule has 0 amide bonds. The molecule has 1 saturated carbocycles. The van der Waals surface area contributed by atoms with Crippen LogP contribution in [0.15, 0.2) is 18.5 Å². The molecule has 3 fully saturated rings. The van der Waals surface area contributed by atoms with E-state index < -0.39 is 23.0 Å². The standard InChI is InChI=1S/C18H15ClF3N5/c1-8-9-2-10(8)6-26(5-9)17-15(14-12(21)3-11(20)4-13(14)22)16(19)25-18-23-7-24-27(17)18/h3-4,7-10H,2,5-6H2,1H3. The third kappa shape index (κ3) is 2.42. The highest BCUT2D eigenvalue weighted by Crippen LogP contribution is 2.48. The van der Waals surface area contributed by atoms with Gasteiger partial charge in [0, 0.05) is 25.2 Å². The fourth-order valence-electron chi connectivity index (χ4n) is 4.39. The summed E-state index contributed by atoms with van der Waals surface area (Å²) in [6.45, 7) is 3.68. The van der Waals surface area contributed by atoms with E-state index in [1.165, 1.54) is 10.8 Å². The zero-order chi connectivity index (χ0) is 18.9. The van der Waals surface area contributed by atoms with E-state index >= 15 is 0 Å². The van der Waals surface area contributed by atoms with Gasteiger partial charge in [-0.25, -0.2) is 13.2 Å². The van der Waals surface area contributed by atoms with Gasteiger partial charge in [0.15, 0.2) is 0 Å². The number of hydrogen-bond acceptors (Lipinski definition) is 4.